The molecule has 0 fully saturated rings. The van der Waals surface area contributed by atoms with Gasteiger partial charge >= 0.3 is 0 Å². The van der Waals surface area contributed by atoms with E-state index in [1.54, 1.807) is 13.2 Å². The van der Waals surface area contributed by atoms with E-state index in [2.05, 4.69) is 4.98 Å². The molecular weight excluding hydrogens is 253 g/mol. The van der Waals surface area contributed by atoms with Crippen molar-refractivity contribution >= 4 is 35.0 Å². The highest BCUT2D eigenvalue weighted by atomic mass is 35.5. The van der Waals surface area contributed by atoms with E-state index in [4.69, 9.17) is 27.9 Å². The molecule has 0 bridgehead atoms. The molecule has 0 aromatic carbocycles. The number of aromatic nitrogens is 1. The molecule has 1 aromatic heterocycles. The highest BCUT2D eigenvalue weighted by Crippen LogP contribution is 2.21. The standard InChI is InChI=1S/C10H13Cl2NOS/c1-14-5-2-6-15-7-8-3-4-9(11)13-10(8)12/h3-4H,2,5-7H2,1H3. The van der Waals surface area contributed by atoms with Gasteiger partial charge in [-0.2, -0.15) is 11.8 Å². The lowest BCUT2D eigenvalue weighted by atomic mass is 10.3. The summed E-state index contributed by atoms with van der Waals surface area (Å²) in [5.41, 5.74) is 1.03. The smallest absolute Gasteiger partial charge is 0.134 e. The van der Waals surface area contributed by atoms with Gasteiger partial charge in [0.2, 0.25) is 0 Å². The summed E-state index contributed by atoms with van der Waals surface area (Å²) in [7, 11) is 1.71. The maximum atomic E-state index is 5.94. The minimum Gasteiger partial charge on any atom is -0.385 e. The number of hydrogen-bond donors (Lipinski definition) is 0. The van der Waals surface area contributed by atoms with Gasteiger partial charge in [-0.25, -0.2) is 4.98 Å². The number of halogens is 2. The Bertz CT molecular complexity index is 309. The van der Waals surface area contributed by atoms with Gasteiger partial charge in [0.15, 0.2) is 0 Å². The lowest BCUT2D eigenvalue weighted by Crippen LogP contribution is -1.92. The van der Waals surface area contributed by atoms with Crippen molar-refractivity contribution in [3.8, 4) is 0 Å². The number of pyridine rings is 1. The van der Waals surface area contributed by atoms with Gasteiger partial charge < -0.3 is 4.74 Å². The number of hydrogen-bond acceptors (Lipinski definition) is 3. The normalized spacial score (nSPS) is 10.6. The zero-order valence-corrected chi connectivity index (χ0v) is 10.8. The fourth-order valence-electron chi connectivity index (χ4n) is 1.04. The van der Waals surface area contributed by atoms with Gasteiger partial charge in [0.05, 0.1) is 0 Å². The summed E-state index contributed by atoms with van der Waals surface area (Å²) in [6, 6.07) is 3.68. The van der Waals surface area contributed by atoms with Crippen LogP contribution in [0.5, 0.6) is 0 Å². The second kappa shape index (κ2) is 7.34. The molecule has 15 heavy (non-hydrogen) atoms. The van der Waals surface area contributed by atoms with E-state index in [0.29, 0.717) is 10.3 Å². The molecule has 0 spiro atoms. The van der Waals surface area contributed by atoms with E-state index in [1.807, 2.05) is 17.8 Å². The number of methoxy groups -OCH3 is 1. The quantitative estimate of drug-likeness (QED) is 0.579. The third-order valence-electron chi connectivity index (χ3n) is 1.79. The van der Waals surface area contributed by atoms with Crippen LogP contribution in [-0.2, 0) is 10.5 Å². The second-order valence-electron chi connectivity index (χ2n) is 2.98. The predicted octanol–water partition coefficient (Wildman–Crippen LogP) is 3.66. The third-order valence-corrected chi connectivity index (χ3v) is 3.42. The van der Waals surface area contributed by atoms with Gasteiger partial charge in [-0.3, -0.25) is 0 Å². The predicted molar refractivity (Wildman–Crippen MR) is 66.9 cm³/mol. The first-order valence-corrected chi connectivity index (χ1v) is 6.52. The number of nitrogens with zero attached hydrogens (tertiary/aromatic N) is 1. The van der Waals surface area contributed by atoms with Crippen molar-refractivity contribution in [2.24, 2.45) is 0 Å². The van der Waals surface area contributed by atoms with Crippen LogP contribution in [0, 0.1) is 0 Å². The Labute approximate surface area is 104 Å². The van der Waals surface area contributed by atoms with Gasteiger partial charge in [-0.15, -0.1) is 0 Å². The lowest BCUT2D eigenvalue weighted by molar-refractivity contribution is 0.200. The molecule has 0 N–H and O–H groups in total. The maximum Gasteiger partial charge on any atom is 0.134 e. The van der Waals surface area contributed by atoms with Crippen molar-refractivity contribution in [1.29, 1.82) is 0 Å². The van der Waals surface area contributed by atoms with E-state index in [-0.39, 0.29) is 0 Å². The Morgan fingerprint density at radius 1 is 1.40 bits per heavy atom. The van der Waals surface area contributed by atoms with Crippen molar-refractivity contribution in [2.75, 3.05) is 19.5 Å². The van der Waals surface area contributed by atoms with Crippen LogP contribution in [0.3, 0.4) is 0 Å². The van der Waals surface area contributed by atoms with E-state index in [1.165, 1.54) is 0 Å². The van der Waals surface area contributed by atoms with E-state index in [0.717, 1.165) is 30.1 Å². The molecular formula is C10H13Cl2NOS. The number of rotatable bonds is 6. The topological polar surface area (TPSA) is 22.1 Å². The van der Waals surface area contributed by atoms with Crippen LogP contribution in [0.1, 0.15) is 12.0 Å². The van der Waals surface area contributed by atoms with Crippen molar-refractivity contribution in [1.82, 2.24) is 4.98 Å². The zero-order chi connectivity index (χ0) is 11.1. The van der Waals surface area contributed by atoms with Crippen LogP contribution < -0.4 is 0 Å². The average molecular weight is 266 g/mol. The van der Waals surface area contributed by atoms with Gasteiger partial charge in [0.25, 0.3) is 0 Å². The van der Waals surface area contributed by atoms with Crippen LogP contribution in [0.4, 0.5) is 0 Å². The summed E-state index contributed by atoms with van der Waals surface area (Å²) in [5.74, 6) is 1.93. The summed E-state index contributed by atoms with van der Waals surface area (Å²) >= 11 is 13.5. The Kier molecular flexibility index (Phi) is 6.41. The maximum absolute atomic E-state index is 5.94. The highest BCUT2D eigenvalue weighted by molar-refractivity contribution is 7.98. The van der Waals surface area contributed by atoms with Crippen molar-refractivity contribution in [3.63, 3.8) is 0 Å². The highest BCUT2D eigenvalue weighted by Gasteiger charge is 2.02. The molecule has 0 saturated carbocycles. The van der Waals surface area contributed by atoms with Gasteiger partial charge in [0, 0.05) is 19.5 Å². The first-order valence-electron chi connectivity index (χ1n) is 4.61. The molecule has 0 atom stereocenters. The summed E-state index contributed by atoms with van der Waals surface area (Å²) in [4.78, 5) is 3.98. The molecule has 1 aromatic rings. The second-order valence-corrected chi connectivity index (χ2v) is 4.83. The molecule has 0 aliphatic carbocycles. The Balaban J connectivity index is 2.31. The molecule has 0 saturated heterocycles. The van der Waals surface area contributed by atoms with Crippen molar-refractivity contribution < 1.29 is 4.74 Å². The molecule has 0 aliphatic rings. The minimum atomic E-state index is 0.438. The molecule has 1 rings (SSSR count). The van der Waals surface area contributed by atoms with Gasteiger partial charge in [-0.05, 0) is 23.8 Å². The Hall–Kier alpha value is 0.0400. The van der Waals surface area contributed by atoms with Crippen molar-refractivity contribution in [2.45, 2.75) is 12.2 Å². The minimum absolute atomic E-state index is 0.438. The van der Waals surface area contributed by atoms with Crippen LogP contribution in [0.15, 0.2) is 12.1 Å². The molecule has 0 unspecified atom stereocenters. The zero-order valence-electron chi connectivity index (χ0n) is 8.50. The van der Waals surface area contributed by atoms with Gasteiger partial charge in [-0.1, -0.05) is 29.3 Å². The van der Waals surface area contributed by atoms with Crippen LogP contribution in [0.25, 0.3) is 0 Å². The Morgan fingerprint density at radius 2 is 2.20 bits per heavy atom. The van der Waals surface area contributed by atoms with Crippen LogP contribution in [-0.4, -0.2) is 24.5 Å². The number of ether oxygens (including phenoxy) is 1. The summed E-state index contributed by atoms with van der Waals surface area (Å²) < 4.78 is 4.96. The molecule has 0 aliphatic heterocycles. The molecule has 1 heterocycles. The van der Waals surface area contributed by atoms with Crippen molar-refractivity contribution in [3.05, 3.63) is 28.0 Å². The first-order chi connectivity index (χ1) is 7.24. The summed E-state index contributed by atoms with van der Waals surface area (Å²) in [6.07, 6.45) is 1.06. The molecule has 0 radical (unpaired) electrons. The fraction of sp³-hybridized carbons (Fsp3) is 0.500. The summed E-state index contributed by atoms with van der Waals surface area (Å²) in [5, 5.41) is 0.940. The SMILES string of the molecule is COCCCSCc1ccc(Cl)nc1Cl. The molecule has 5 heteroatoms. The Morgan fingerprint density at radius 3 is 2.87 bits per heavy atom. The molecule has 2 nitrogen and oxygen atoms in total. The van der Waals surface area contributed by atoms with E-state index < -0.39 is 0 Å². The summed E-state index contributed by atoms with van der Waals surface area (Å²) in [6.45, 7) is 0.805. The fourth-order valence-corrected chi connectivity index (χ4v) is 2.45. The van der Waals surface area contributed by atoms with Gasteiger partial charge in [0.1, 0.15) is 10.3 Å². The monoisotopic (exact) mass is 265 g/mol. The van der Waals surface area contributed by atoms with Crippen LogP contribution in [0.2, 0.25) is 10.3 Å². The third kappa shape index (κ3) is 5.07. The van der Waals surface area contributed by atoms with E-state index in [9.17, 15) is 0 Å². The average Bonchev–Trinajstić information content (AvgIpc) is 2.20. The van der Waals surface area contributed by atoms with Crippen LogP contribution >= 0.6 is 35.0 Å². The van der Waals surface area contributed by atoms with E-state index >= 15 is 0 Å². The molecule has 84 valence electrons. The molecule has 0 amide bonds. The lowest BCUT2D eigenvalue weighted by Gasteiger charge is -2.03. The largest absolute Gasteiger partial charge is 0.385 e. The number of thioether (sulfide) groups is 1. The first kappa shape index (κ1) is 13.1.